The zero-order chi connectivity index (χ0) is 21.7. The van der Waals surface area contributed by atoms with Crippen molar-refractivity contribution in [3.63, 3.8) is 0 Å². The van der Waals surface area contributed by atoms with Gasteiger partial charge in [0.15, 0.2) is 11.5 Å². The molecule has 166 valence electrons. The second-order valence-corrected chi connectivity index (χ2v) is 8.97. The van der Waals surface area contributed by atoms with Gasteiger partial charge in [-0.3, -0.25) is 4.90 Å². The highest BCUT2D eigenvalue weighted by atomic mass is 32.1. The lowest BCUT2D eigenvalue weighted by Gasteiger charge is -2.41. The topological polar surface area (TPSA) is 85.3 Å². The van der Waals surface area contributed by atoms with Crippen LogP contribution in [0.1, 0.15) is 29.3 Å². The van der Waals surface area contributed by atoms with Crippen molar-refractivity contribution in [2.75, 3.05) is 26.3 Å². The molecule has 2 fully saturated rings. The van der Waals surface area contributed by atoms with Crippen molar-refractivity contribution in [3.8, 4) is 17.5 Å². The van der Waals surface area contributed by atoms with Gasteiger partial charge in [-0.2, -0.15) is 9.50 Å². The Balaban J connectivity index is 1.39. The van der Waals surface area contributed by atoms with E-state index >= 15 is 0 Å². The molecule has 0 aliphatic carbocycles. The Bertz CT molecular complexity index is 1240. The molecule has 0 radical (unpaired) electrons. The van der Waals surface area contributed by atoms with Crippen LogP contribution >= 0.6 is 11.3 Å². The van der Waals surface area contributed by atoms with Crippen LogP contribution in [-0.2, 0) is 9.47 Å². The Morgan fingerprint density at radius 3 is 2.56 bits per heavy atom. The molecule has 1 aromatic carbocycles. The Labute approximate surface area is 186 Å². The number of aromatic nitrogens is 3. The van der Waals surface area contributed by atoms with Crippen LogP contribution in [0.4, 0.5) is 4.39 Å². The van der Waals surface area contributed by atoms with Crippen molar-refractivity contribution in [3.05, 3.63) is 58.9 Å². The van der Waals surface area contributed by atoms with Crippen molar-refractivity contribution < 1.29 is 23.4 Å². The molecule has 1 atom stereocenters. The minimum Gasteiger partial charge on any atom is -0.492 e. The maximum Gasteiger partial charge on any atom is 0.230 e. The first-order chi connectivity index (χ1) is 15.6. The molecule has 8 nitrogen and oxygen atoms in total. The van der Waals surface area contributed by atoms with Crippen LogP contribution in [0.3, 0.4) is 0 Å². The quantitative estimate of drug-likeness (QED) is 0.500. The van der Waals surface area contributed by atoms with Crippen molar-refractivity contribution >= 4 is 16.3 Å². The van der Waals surface area contributed by atoms with E-state index in [1.807, 2.05) is 6.07 Å². The van der Waals surface area contributed by atoms with E-state index in [0.29, 0.717) is 66.1 Å². The molecule has 1 N–H and O–H groups in total. The molecule has 32 heavy (non-hydrogen) atoms. The number of halogens is 1. The van der Waals surface area contributed by atoms with Gasteiger partial charge in [-0.1, -0.05) is 29.5 Å². The van der Waals surface area contributed by atoms with Crippen LogP contribution in [0.25, 0.3) is 16.5 Å². The summed E-state index contributed by atoms with van der Waals surface area (Å²) in [5.41, 5.74) is 0.503. The number of nitrogens with zero attached hydrogens (tertiary/aromatic N) is 4. The first-order valence-corrected chi connectivity index (χ1v) is 11.3. The van der Waals surface area contributed by atoms with E-state index in [2.05, 4.69) is 15.0 Å². The van der Waals surface area contributed by atoms with Gasteiger partial charge in [0.05, 0.1) is 30.4 Å². The van der Waals surface area contributed by atoms with Gasteiger partial charge in [-0.05, 0) is 18.2 Å². The first-order valence-electron chi connectivity index (χ1n) is 10.5. The summed E-state index contributed by atoms with van der Waals surface area (Å²) in [6, 6.07) is 9.72. The maximum absolute atomic E-state index is 14.9. The van der Waals surface area contributed by atoms with Crippen molar-refractivity contribution in [1.82, 2.24) is 19.5 Å². The Morgan fingerprint density at radius 2 is 1.88 bits per heavy atom. The standard InChI is InChI=1S/C22H21FN4O4S/c23-15-5-2-1-4-14(15)17(26-9-7-22(8-10-26)30-12-13-31-22)18-20(28)27-21(32-18)24-19(25-27)16-6-3-11-29-16/h1-6,11,17,28H,7-10,12-13H2/t17-/m1/s1. The van der Waals surface area contributed by atoms with Gasteiger partial charge < -0.3 is 19.0 Å². The number of thiazole rings is 1. The molecule has 1 spiro atoms. The van der Waals surface area contributed by atoms with Crippen LogP contribution in [0.15, 0.2) is 47.1 Å². The lowest BCUT2D eigenvalue weighted by Crippen LogP contribution is -2.46. The molecule has 0 bridgehead atoms. The number of aromatic hydroxyl groups is 1. The largest absolute Gasteiger partial charge is 0.492 e. The number of piperidine rings is 1. The van der Waals surface area contributed by atoms with Gasteiger partial charge in [0, 0.05) is 31.5 Å². The first kappa shape index (κ1) is 19.9. The molecular weight excluding hydrogens is 435 g/mol. The zero-order valence-corrected chi connectivity index (χ0v) is 17.9. The molecule has 2 aliphatic heterocycles. The zero-order valence-electron chi connectivity index (χ0n) is 17.1. The highest BCUT2D eigenvalue weighted by Crippen LogP contribution is 2.43. The van der Waals surface area contributed by atoms with Gasteiger partial charge >= 0.3 is 0 Å². The van der Waals surface area contributed by atoms with E-state index in [-0.39, 0.29) is 11.7 Å². The minimum absolute atomic E-state index is 0.0442. The van der Waals surface area contributed by atoms with Crippen LogP contribution < -0.4 is 0 Å². The van der Waals surface area contributed by atoms with Gasteiger partial charge in [0.1, 0.15) is 5.82 Å². The summed E-state index contributed by atoms with van der Waals surface area (Å²) in [7, 11) is 0. The summed E-state index contributed by atoms with van der Waals surface area (Å²) in [6.07, 6.45) is 2.91. The SMILES string of the molecule is Oc1c([C@@H](c2ccccc2F)N2CCC3(CC2)OCCO3)sc2nc(-c3ccco3)nn12. The van der Waals surface area contributed by atoms with E-state index in [4.69, 9.17) is 13.9 Å². The van der Waals surface area contributed by atoms with Crippen LogP contribution in [0.2, 0.25) is 0 Å². The number of hydrogen-bond acceptors (Lipinski definition) is 8. The van der Waals surface area contributed by atoms with Gasteiger partial charge in [-0.15, -0.1) is 5.10 Å². The van der Waals surface area contributed by atoms with E-state index in [9.17, 15) is 9.50 Å². The summed E-state index contributed by atoms with van der Waals surface area (Å²) in [6.45, 7) is 2.49. The van der Waals surface area contributed by atoms with Gasteiger partial charge in [0.25, 0.3) is 0 Å². The van der Waals surface area contributed by atoms with Crippen molar-refractivity contribution in [1.29, 1.82) is 0 Å². The second-order valence-electron chi connectivity index (χ2n) is 7.96. The summed E-state index contributed by atoms with van der Waals surface area (Å²) >= 11 is 1.30. The number of rotatable bonds is 4. The summed E-state index contributed by atoms with van der Waals surface area (Å²) in [5, 5.41) is 15.5. The molecule has 10 heteroatoms. The fourth-order valence-corrected chi connectivity index (χ4v) is 5.66. The molecule has 2 saturated heterocycles. The molecule has 5 heterocycles. The maximum atomic E-state index is 14.9. The fraction of sp³-hybridized carbons (Fsp3) is 0.364. The minimum atomic E-state index is -0.540. The van der Waals surface area contributed by atoms with Crippen molar-refractivity contribution in [2.45, 2.75) is 24.7 Å². The predicted octanol–water partition coefficient (Wildman–Crippen LogP) is 3.82. The second kappa shape index (κ2) is 7.66. The lowest BCUT2D eigenvalue weighted by molar-refractivity contribution is -0.187. The highest BCUT2D eigenvalue weighted by molar-refractivity contribution is 7.17. The highest BCUT2D eigenvalue weighted by Gasteiger charge is 2.43. The summed E-state index contributed by atoms with van der Waals surface area (Å²) < 4.78 is 33.4. The smallest absolute Gasteiger partial charge is 0.230 e. The predicted molar refractivity (Wildman–Crippen MR) is 114 cm³/mol. The van der Waals surface area contributed by atoms with E-state index < -0.39 is 11.8 Å². The normalized spacial score (nSPS) is 19.8. The van der Waals surface area contributed by atoms with E-state index in [0.717, 1.165) is 0 Å². The number of fused-ring (bicyclic) bond motifs is 1. The van der Waals surface area contributed by atoms with E-state index in [1.165, 1.54) is 21.9 Å². The van der Waals surface area contributed by atoms with Crippen molar-refractivity contribution in [2.24, 2.45) is 0 Å². The number of hydrogen-bond donors (Lipinski definition) is 1. The molecule has 2 aliphatic rings. The third-order valence-corrected chi connectivity index (χ3v) is 7.20. The number of ether oxygens (including phenoxy) is 2. The van der Waals surface area contributed by atoms with Gasteiger partial charge in [-0.25, -0.2) is 4.39 Å². The summed E-state index contributed by atoms with van der Waals surface area (Å²) in [4.78, 5) is 7.77. The molecule has 0 unspecified atom stereocenters. The Morgan fingerprint density at radius 1 is 1.09 bits per heavy atom. The molecule has 4 aromatic rings. The number of furan rings is 1. The number of likely N-dealkylation sites (tertiary alicyclic amines) is 1. The monoisotopic (exact) mass is 456 g/mol. The van der Waals surface area contributed by atoms with E-state index in [1.54, 1.807) is 30.5 Å². The molecular formula is C22H21FN4O4S. The third kappa shape index (κ3) is 3.22. The molecule has 3 aromatic heterocycles. The van der Waals surface area contributed by atoms with Crippen LogP contribution in [0, 0.1) is 5.82 Å². The molecule has 0 amide bonds. The summed E-state index contributed by atoms with van der Waals surface area (Å²) in [5.74, 6) is 0.00593. The van der Waals surface area contributed by atoms with Crippen LogP contribution in [0.5, 0.6) is 5.88 Å². The third-order valence-electron chi connectivity index (χ3n) is 6.13. The fourth-order valence-electron chi connectivity index (χ4n) is 4.55. The van der Waals surface area contributed by atoms with Gasteiger partial charge in [0.2, 0.25) is 16.7 Å². The Hall–Kier alpha value is -2.79. The lowest BCUT2D eigenvalue weighted by atomic mass is 9.97. The number of benzene rings is 1. The Kier molecular flexibility index (Phi) is 4.76. The molecule has 0 saturated carbocycles. The average molecular weight is 456 g/mol. The molecule has 6 rings (SSSR count). The van der Waals surface area contributed by atoms with Crippen LogP contribution in [-0.4, -0.2) is 56.7 Å². The average Bonchev–Trinajstić information content (AvgIpc) is 3.59.